The lowest BCUT2D eigenvalue weighted by molar-refractivity contribution is -0.139. The van der Waals surface area contributed by atoms with Crippen molar-refractivity contribution in [2.24, 2.45) is 0 Å². The summed E-state index contributed by atoms with van der Waals surface area (Å²) in [6.07, 6.45) is 1.69. The quantitative estimate of drug-likeness (QED) is 0.259. The van der Waals surface area contributed by atoms with Crippen molar-refractivity contribution in [1.82, 2.24) is 10.2 Å². The van der Waals surface area contributed by atoms with Crippen molar-refractivity contribution < 1.29 is 22.4 Å². The summed E-state index contributed by atoms with van der Waals surface area (Å²) in [7, 11) is -4.14. The van der Waals surface area contributed by atoms with E-state index in [-0.39, 0.29) is 23.3 Å². The first-order chi connectivity index (χ1) is 19.4. The second-order valence-corrected chi connectivity index (χ2v) is 12.4. The molecular weight excluding hydrogens is 541 g/mol. The third-order valence-corrected chi connectivity index (χ3v) is 8.79. The summed E-state index contributed by atoms with van der Waals surface area (Å²) in [5.41, 5.74) is 2.89. The van der Waals surface area contributed by atoms with E-state index >= 15 is 0 Å². The van der Waals surface area contributed by atoms with Crippen molar-refractivity contribution in [3.8, 4) is 0 Å². The van der Waals surface area contributed by atoms with Crippen molar-refractivity contribution in [2.75, 3.05) is 17.4 Å². The molecule has 0 spiro atoms. The maximum atomic E-state index is 13.9. The predicted octanol–water partition coefficient (Wildman–Crippen LogP) is 5.79. The summed E-state index contributed by atoms with van der Waals surface area (Å²) in [4.78, 5) is 28.4. The molecule has 0 bridgehead atoms. The van der Waals surface area contributed by atoms with E-state index in [9.17, 15) is 22.4 Å². The van der Waals surface area contributed by atoms with Gasteiger partial charge in [-0.25, -0.2) is 12.8 Å². The van der Waals surface area contributed by atoms with Crippen LogP contribution in [0.4, 0.5) is 10.1 Å². The average molecular weight is 582 g/mol. The minimum Gasteiger partial charge on any atom is -0.354 e. The Balaban J connectivity index is 2.01. The Labute approximate surface area is 243 Å². The zero-order valence-corrected chi connectivity index (χ0v) is 25.2. The van der Waals surface area contributed by atoms with E-state index in [1.807, 2.05) is 39.8 Å². The number of aryl methyl sites for hydroxylation is 1. The smallest absolute Gasteiger partial charge is 0.264 e. The predicted molar refractivity (Wildman–Crippen MR) is 161 cm³/mol. The van der Waals surface area contributed by atoms with Gasteiger partial charge in [-0.2, -0.15) is 0 Å². The lowest BCUT2D eigenvalue weighted by Gasteiger charge is -2.32. The first-order valence-corrected chi connectivity index (χ1v) is 15.4. The first kappa shape index (κ1) is 31.8. The van der Waals surface area contributed by atoms with Crippen LogP contribution in [-0.2, 0) is 26.2 Å². The number of rotatable bonds is 13. The van der Waals surface area contributed by atoms with Gasteiger partial charge in [-0.15, -0.1) is 0 Å². The molecule has 2 amide bonds. The minimum atomic E-state index is -4.14. The molecular formula is C32H40FN3O4S. The summed E-state index contributed by atoms with van der Waals surface area (Å²) in [5.74, 6) is -1.08. The van der Waals surface area contributed by atoms with Gasteiger partial charge in [0.05, 0.1) is 10.6 Å². The van der Waals surface area contributed by atoms with E-state index in [2.05, 4.69) is 5.32 Å². The highest BCUT2D eigenvalue weighted by atomic mass is 32.2. The van der Waals surface area contributed by atoms with Gasteiger partial charge < -0.3 is 10.2 Å². The molecule has 0 aliphatic heterocycles. The van der Waals surface area contributed by atoms with Gasteiger partial charge in [-0.05, 0) is 73.7 Å². The van der Waals surface area contributed by atoms with Crippen LogP contribution in [0.3, 0.4) is 0 Å². The molecule has 3 rings (SSSR count). The van der Waals surface area contributed by atoms with Crippen LogP contribution in [0, 0.1) is 12.7 Å². The standard InChI is InChI=1S/C32H40FN3O4S/c1-6-7-20-34-32(38)25(5)35(21-26-10-14-28(33)15-11-26)31(37)22-36(29-16-12-27(13-17-29)23(2)3)41(39,40)30-18-8-24(4)9-19-30/h8-19,23,25H,6-7,20-22H2,1-5H3,(H,34,38)/t25-/m0/s1. The van der Waals surface area contributed by atoms with Gasteiger partial charge in [0.1, 0.15) is 18.4 Å². The zero-order chi connectivity index (χ0) is 30.2. The van der Waals surface area contributed by atoms with Gasteiger partial charge in [0.15, 0.2) is 0 Å². The molecule has 1 N–H and O–H groups in total. The Morgan fingerprint density at radius 2 is 1.51 bits per heavy atom. The molecule has 0 fully saturated rings. The minimum absolute atomic E-state index is 0.00614. The SMILES string of the molecule is CCCCNC(=O)[C@H](C)N(Cc1ccc(F)cc1)C(=O)CN(c1ccc(C(C)C)cc1)S(=O)(=O)c1ccc(C)cc1. The number of nitrogens with one attached hydrogen (secondary N) is 1. The van der Waals surface area contributed by atoms with E-state index in [0.29, 0.717) is 17.8 Å². The first-order valence-electron chi connectivity index (χ1n) is 13.9. The van der Waals surface area contributed by atoms with Gasteiger partial charge in [0, 0.05) is 13.1 Å². The Morgan fingerprint density at radius 3 is 2.07 bits per heavy atom. The fourth-order valence-electron chi connectivity index (χ4n) is 4.30. The van der Waals surface area contributed by atoms with Crippen molar-refractivity contribution in [2.45, 2.75) is 70.9 Å². The van der Waals surface area contributed by atoms with E-state index in [0.717, 1.165) is 28.3 Å². The van der Waals surface area contributed by atoms with E-state index in [1.165, 1.54) is 29.2 Å². The highest BCUT2D eigenvalue weighted by molar-refractivity contribution is 7.92. The van der Waals surface area contributed by atoms with Crippen molar-refractivity contribution in [1.29, 1.82) is 0 Å². The Bertz CT molecular complexity index is 1410. The largest absolute Gasteiger partial charge is 0.354 e. The van der Waals surface area contributed by atoms with E-state index < -0.39 is 34.3 Å². The molecule has 0 saturated heterocycles. The number of nitrogens with zero attached hydrogens (tertiary/aromatic N) is 2. The van der Waals surface area contributed by atoms with Crippen LogP contribution in [0.25, 0.3) is 0 Å². The Morgan fingerprint density at radius 1 is 0.902 bits per heavy atom. The zero-order valence-electron chi connectivity index (χ0n) is 24.4. The maximum absolute atomic E-state index is 13.9. The van der Waals surface area contributed by atoms with Gasteiger partial charge in [-0.1, -0.05) is 69.2 Å². The normalized spacial score (nSPS) is 12.2. The highest BCUT2D eigenvalue weighted by Crippen LogP contribution is 2.27. The molecule has 3 aromatic carbocycles. The van der Waals surface area contributed by atoms with Gasteiger partial charge in [-0.3, -0.25) is 13.9 Å². The molecule has 0 aliphatic carbocycles. The van der Waals surface area contributed by atoms with Crippen LogP contribution in [0.1, 0.15) is 63.1 Å². The van der Waals surface area contributed by atoms with Crippen LogP contribution < -0.4 is 9.62 Å². The molecule has 0 aromatic heterocycles. The molecule has 0 heterocycles. The molecule has 0 saturated carbocycles. The monoisotopic (exact) mass is 581 g/mol. The average Bonchev–Trinajstić information content (AvgIpc) is 2.95. The number of amides is 2. The molecule has 0 unspecified atom stereocenters. The van der Waals surface area contributed by atoms with Gasteiger partial charge in [0.25, 0.3) is 10.0 Å². The third kappa shape index (κ3) is 8.39. The summed E-state index contributed by atoms with van der Waals surface area (Å²) < 4.78 is 42.5. The molecule has 0 aliphatic rings. The van der Waals surface area contributed by atoms with Crippen LogP contribution in [0.2, 0.25) is 0 Å². The molecule has 220 valence electrons. The van der Waals surface area contributed by atoms with Gasteiger partial charge >= 0.3 is 0 Å². The van der Waals surface area contributed by atoms with Crippen LogP contribution in [-0.4, -0.2) is 44.3 Å². The second-order valence-electron chi connectivity index (χ2n) is 10.5. The number of carbonyl (C=O) groups excluding carboxylic acids is 2. The number of unbranched alkanes of at least 4 members (excludes halogenated alkanes) is 1. The third-order valence-electron chi connectivity index (χ3n) is 7.00. The number of sulfonamides is 1. The molecule has 0 radical (unpaired) electrons. The fraction of sp³-hybridized carbons (Fsp3) is 0.375. The number of carbonyl (C=O) groups is 2. The van der Waals surface area contributed by atoms with Gasteiger partial charge in [0.2, 0.25) is 11.8 Å². The number of hydrogen-bond donors (Lipinski definition) is 1. The lowest BCUT2D eigenvalue weighted by Crippen LogP contribution is -2.51. The van der Waals surface area contributed by atoms with E-state index in [1.54, 1.807) is 43.3 Å². The summed E-state index contributed by atoms with van der Waals surface area (Å²) in [5, 5.41) is 2.85. The second kappa shape index (κ2) is 14.3. The van der Waals surface area contributed by atoms with Crippen LogP contribution in [0.5, 0.6) is 0 Å². The molecule has 1 atom stereocenters. The Kier molecular flexibility index (Phi) is 11.1. The fourth-order valence-corrected chi connectivity index (χ4v) is 5.71. The summed E-state index contributed by atoms with van der Waals surface area (Å²) in [6, 6.07) is 18.3. The molecule has 9 heteroatoms. The number of benzene rings is 3. The van der Waals surface area contributed by atoms with Crippen LogP contribution in [0.15, 0.2) is 77.7 Å². The molecule has 3 aromatic rings. The van der Waals surface area contributed by atoms with E-state index in [4.69, 9.17) is 0 Å². The molecule has 41 heavy (non-hydrogen) atoms. The topological polar surface area (TPSA) is 86.8 Å². The lowest BCUT2D eigenvalue weighted by atomic mass is 10.0. The van der Waals surface area contributed by atoms with Crippen molar-refractivity contribution >= 4 is 27.5 Å². The van der Waals surface area contributed by atoms with Crippen molar-refractivity contribution in [3.05, 3.63) is 95.3 Å². The number of anilines is 1. The Hall–Kier alpha value is -3.72. The highest BCUT2D eigenvalue weighted by Gasteiger charge is 2.32. The van der Waals surface area contributed by atoms with Crippen LogP contribution >= 0.6 is 0 Å². The molecule has 7 nitrogen and oxygen atoms in total. The number of hydrogen-bond acceptors (Lipinski definition) is 4. The van der Waals surface area contributed by atoms with Crippen molar-refractivity contribution in [3.63, 3.8) is 0 Å². The maximum Gasteiger partial charge on any atom is 0.264 e. The number of halogens is 1. The summed E-state index contributed by atoms with van der Waals surface area (Å²) >= 11 is 0. The summed E-state index contributed by atoms with van der Waals surface area (Å²) in [6.45, 7) is 9.52.